The van der Waals surface area contributed by atoms with Crippen molar-refractivity contribution in [3.8, 4) is 0 Å². The molecule has 0 spiro atoms. The number of hydrogen-bond acceptors (Lipinski definition) is 3. The van der Waals surface area contributed by atoms with Gasteiger partial charge in [0.25, 0.3) is 0 Å². The standard InChI is InChI=1S/C12H22N2O2/c1-2-6-10(13)11(15)14-9-12(16)7-4-3-5-8-12/h2,10,16H,1,3-9,13H2,(H,14,15). The summed E-state index contributed by atoms with van der Waals surface area (Å²) in [6.45, 7) is 3.85. The highest BCUT2D eigenvalue weighted by atomic mass is 16.3. The summed E-state index contributed by atoms with van der Waals surface area (Å²) in [5.41, 5.74) is 4.90. The second-order valence-corrected chi connectivity index (χ2v) is 4.63. The van der Waals surface area contributed by atoms with Crippen LogP contribution < -0.4 is 11.1 Å². The van der Waals surface area contributed by atoms with Gasteiger partial charge >= 0.3 is 0 Å². The van der Waals surface area contributed by atoms with Gasteiger partial charge in [0.1, 0.15) is 0 Å². The smallest absolute Gasteiger partial charge is 0.237 e. The van der Waals surface area contributed by atoms with Gasteiger partial charge in [-0.15, -0.1) is 6.58 Å². The Morgan fingerprint density at radius 3 is 2.69 bits per heavy atom. The monoisotopic (exact) mass is 226 g/mol. The summed E-state index contributed by atoms with van der Waals surface area (Å²) in [7, 11) is 0. The molecule has 0 aromatic heterocycles. The second kappa shape index (κ2) is 6.01. The molecule has 1 rings (SSSR count). The molecule has 1 aliphatic rings. The Bertz CT molecular complexity index is 247. The van der Waals surface area contributed by atoms with E-state index in [4.69, 9.17) is 5.73 Å². The van der Waals surface area contributed by atoms with Crippen LogP contribution in [0.5, 0.6) is 0 Å². The van der Waals surface area contributed by atoms with E-state index in [-0.39, 0.29) is 5.91 Å². The lowest BCUT2D eigenvalue weighted by Crippen LogP contribution is -2.48. The van der Waals surface area contributed by atoms with Gasteiger partial charge in [-0.05, 0) is 19.3 Å². The molecule has 1 aliphatic carbocycles. The molecule has 4 nitrogen and oxygen atoms in total. The van der Waals surface area contributed by atoms with Crippen LogP contribution in [-0.2, 0) is 4.79 Å². The van der Waals surface area contributed by atoms with Crippen molar-refractivity contribution in [1.29, 1.82) is 0 Å². The molecule has 0 saturated heterocycles. The predicted octanol–water partition coefficient (Wildman–Crippen LogP) is 0.701. The predicted molar refractivity (Wildman–Crippen MR) is 63.8 cm³/mol. The van der Waals surface area contributed by atoms with Crippen molar-refractivity contribution >= 4 is 5.91 Å². The van der Waals surface area contributed by atoms with Crippen LogP contribution in [-0.4, -0.2) is 29.2 Å². The lowest BCUT2D eigenvalue weighted by Gasteiger charge is -2.32. The average molecular weight is 226 g/mol. The molecule has 1 atom stereocenters. The molecule has 92 valence electrons. The van der Waals surface area contributed by atoms with Gasteiger partial charge in [0.15, 0.2) is 0 Å². The van der Waals surface area contributed by atoms with Crippen molar-refractivity contribution in [3.05, 3.63) is 12.7 Å². The number of carbonyl (C=O) groups is 1. The topological polar surface area (TPSA) is 75.4 Å². The molecule has 1 amide bonds. The van der Waals surface area contributed by atoms with Gasteiger partial charge < -0.3 is 16.2 Å². The van der Waals surface area contributed by atoms with E-state index in [1.165, 1.54) is 6.42 Å². The summed E-state index contributed by atoms with van der Waals surface area (Å²) >= 11 is 0. The van der Waals surface area contributed by atoms with E-state index in [1.807, 2.05) is 0 Å². The molecule has 0 radical (unpaired) electrons. The summed E-state index contributed by atoms with van der Waals surface area (Å²) in [5, 5.41) is 12.9. The summed E-state index contributed by atoms with van der Waals surface area (Å²) in [5.74, 6) is -0.209. The fourth-order valence-electron chi connectivity index (χ4n) is 2.06. The van der Waals surface area contributed by atoms with E-state index in [9.17, 15) is 9.90 Å². The van der Waals surface area contributed by atoms with Gasteiger partial charge in [0, 0.05) is 6.54 Å². The summed E-state index contributed by atoms with van der Waals surface area (Å²) in [4.78, 5) is 11.5. The highest BCUT2D eigenvalue weighted by Crippen LogP contribution is 2.27. The van der Waals surface area contributed by atoms with Gasteiger partial charge in [-0.25, -0.2) is 0 Å². The second-order valence-electron chi connectivity index (χ2n) is 4.63. The zero-order valence-electron chi connectivity index (χ0n) is 9.74. The number of nitrogens with two attached hydrogens (primary N) is 1. The molecular weight excluding hydrogens is 204 g/mol. The van der Waals surface area contributed by atoms with E-state index in [1.54, 1.807) is 6.08 Å². The largest absolute Gasteiger partial charge is 0.388 e. The average Bonchev–Trinajstić information content (AvgIpc) is 2.27. The number of hydrogen-bond donors (Lipinski definition) is 3. The SMILES string of the molecule is C=CCC(N)C(=O)NCC1(O)CCCCC1. The van der Waals surface area contributed by atoms with Crippen LogP contribution in [0.3, 0.4) is 0 Å². The number of rotatable bonds is 5. The lowest BCUT2D eigenvalue weighted by atomic mass is 9.85. The van der Waals surface area contributed by atoms with Crippen molar-refractivity contribution in [3.63, 3.8) is 0 Å². The Morgan fingerprint density at radius 1 is 1.50 bits per heavy atom. The maximum atomic E-state index is 11.5. The molecule has 0 aromatic carbocycles. The third kappa shape index (κ3) is 3.94. The summed E-state index contributed by atoms with van der Waals surface area (Å²) in [6, 6.07) is -0.551. The Balaban J connectivity index is 2.32. The maximum Gasteiger partial charge on any atom is 0.237 e. The molecule has 4 N–H and O–H groups in total. The minimum absolute atomic E-state index is 0.209. The quantitative estimate of drug-likeness (QED) is 0.604. The van der Waals surface area contributed by atoms with Crippen LogP contribution >= 0.6 is 0 Å². The Morgan fingerprint density at radius 2 is 2.12 bits per heavy atom. The van der Waals surface area contributed by atoms with Crippen molar-refractivity contribution in [2.45, 2.75) is 50.2 Å². The van der Waals surface area contributed by atoms with Crippen LogP contribution in [0.15, 0.2) is 12.7 Å². The number of aliphatic hydroxyl groups is 1. The van der Waals surface area contributed by atoms with Gasteiger partial charge in [0.2, 0.25) is 5.91 Å². The Kier molecular flexibility index (Phi) is 4.96. The van der Waals surface area contributed by atoms with Crippen molar-refractivity contribution in [1.82, 2.24) is 5.32 Å². The minimum Gasteiger partial charge on any atom is -0.388 e. The van der Waals surface area contributed by atoms with Gasteiger partial charge in [-0.1, -0.05) is 25.3 Å². The van der Waals surface area contributed by atoms with Crippen molar-refractivity contribution in [2.24, 2.45) is 5.73 Å². The Labute approximate surface area is 96.9 Å². The first-order chi connectivity index (χ1) is 7.57. The molecule has 0 heterocycles. The van der Waals surface area contributed by atoms with Gasteiger partial charge in [-0.3, -0.25) is 4.79 Å². The molecule has 0 aromatic rings. The first-order valence-corrected chi connectivity index (χ1v) is 5.94. The molecule has 4 heteroatoms. The van der Waals surface area contributed by atoms with Crippen LogP contribution in [0.4, 0.5) is 0 Å². The number of amides is 1. The van der Waals surface area contributed by atoms with Crippen LogP contribution in [0.2, 0.25) is 0 Å². The Hall–Kier alpha value is -0.870. The van der Waals surface area contributed by atoms with Crippen molar-refractivity contribution in [2.75, 3.05) is 6.54 Å². The third-order valence-electron chi connectivity index (χ3n) is 3.13. The van der Waals surface area contributed by atoms with E-state index in [0.29, 0.717) is 13.0 Å². The van der Waals surface area contributed by atoms with E-state index in [2.05, 4.69) is 11.9 Å². The maximum absolute atomic E-state index is 11.5. The number of nitrogens with one attached hydrogen (secondary N) is 1. The zero-order valence-corrected chi connectivity index (χ0v) is 9.74. The molecule has 1 fully saturated rings. The molecule has 16 heavy (non-hydrogen) atoms. The molecular formula is C12H22N2O2. The molecule has 0 aliphatic heterocycles. The van der Waals surface area contributed by atoms with Gasteiger partial charge in [0.05, 0.1) is 11.6 Å². The van der Waals surface area contributed by atoms with Crippen LogP contribution in [0.1, 0.15) is 38.5 Å². The fraction of sp³-hybridized carbons (Fsp3) is 0.750. The first kappa shape index (κ1) is 13.2. The van der Waals surface area contributed by atoms with Crippen LogP contribution in [0, 0.1) is 0 Å². The molecule has 1 saturated carbocycles. The van der Waals surface area contributed by atoms with Crippen molar-refractivity contribution < 1.29 is 9.90 Å². The highest BCUT2D eigenvalue weighted by Gasteiger charge is 2.29. The van der Waals surface area contributed by atoms with E-state index in [0.717, 1.165) is 25.7 Å². The minimum atomic E-state index is -0.720. The van der Waals surface area contributed by atoms with Gasteiger partial charge in [-0.2, -0.15) is 0 Å². The highest BCUT2D eigenvalue weighted by molar-refractivity contribution is 5.81. The number of carbonyl (C=O) groups excluding carboxylic acids is 1. The summed E-state index contributed by atoms with van der Waals surface area (Å²) < 4.78 is 0. The normalized spacial score (nSPS) is 21.1. The first-order valence-electron chi connectivity index (χ1n) is 5.94. The zero-order chi connectivity index (χ0) is 12.0. The van der Waals surface area contributed by atoms with Crippen LogP contribution in [0.25, 0.3) is 0 Å². The summed E-state index contributed by atoms with van der Waals surface area (Å²) in [6.07, 6.45) is 6.86. The van der Waals surface area contributed by atoms with E-state index < -0.39 is 11.6 Å². The fourth-order valence-corrected chi connectivity index (χ4v) is 2.06. The van der Waals surface area contributed by atoms with E-state index >= 15 is 0 Å². The molecule has 0 bridgehead atoms. The lowest BCUT2D eigenvalue weighted by molar-refractivity contribution is -0.123. The molecule has 1 unspecified atom stereocenters. The third-order valence-corrected chi connectivity index (χ3v) is 3.13.